The van der Waals surface area contributed by atoms with Crippen LogP contribution >= 0.6 is 0 Å². The molecule has 2 amide bonds. The van der Waals surface area contributed by atoms with Gasteiger partial charge in [0.15, 0.2) is 0 Å². The quantitative estimate of drug-likeness (QED) is 0.333. The molecule has 40 heavy (non-hydrogen) atoms. The molecule has 1 fully saturated rings. The molecular formula is C32H39N3O4S. The van der Waals surface area contributed by atoms with Crippen LogP contribution in [0.1, 0.15) is 50.2 Å². The van der Waals surface area contributed by atoms with E-state index in [1.54, 1.807) is 59.5 Å². The van der Waals surface area contributed by atoms with Crippen molar-refractivity contribution in [3.63, 3.8) is 0 Å². The summed E-state index contributed by atoms with van der Waals surface area (Å²) < 4.78 is 28.9. The number of benzene rings is 3. The van der Waals surface area contributed by atoms with Crippen molar-refractivity contribution in [2.45, 2.75) is 69.4 Å². The summed E-state index contributed by atoms with van der Waals surface area (Å²) in [5.74, 6) is -0.590. The van der Waals surface area contributed by atoms with Crippen molar-refractivity contribution in [2.75, 3.05) is 17.4 Å². The zero-order valence-corrected chi connectivity index (χ0v) is 24.1. The largest absolute Gasteiger partial charge is 0.352 e. The molecule has 1 atom stereocenters. The molecule has 1 N–H and O–H groups in total. The third-order valence-corrected chi connectivity index (χ3v) is 9.29. The first-order chi connectivity index (χ1) is 19.3. The standard InChI is InChI=1S/C32H39N3O4S/c1-3-30(32(37)33-27-14-10-11-15-27)34(23-22-26-12-6-4-7-13-26)31(36)24-35(28-16-8-5-9-17-28)40(38,39)29-20-18-25(2)19-21-29/h4-9,12-13,16-21,27,30H,3,10-11,14-15,22-24H2,1-2H3,(H,33,37)/t30-/m0/s1. The van der Waals surface area contributed by atoms with Crippen LogP contribution < -0.4 is 9.62 Å². The van der Waals surface area contributed by atoms with Gasteiger partial charge in [-0.3, -0.25) is 13.9 Å². The van der Waals surface area contributed by atoms with Crippen LogP contribution in [0.4, 0.5) is 5.69 Å². The number of hydrogen-bond donors (Lipinski definition) is 1. The Kier molecular flexibility index (Phi) is 9.98. The van der Waals surface area contributed by atoms with Gasteiger partial charge < -0.3 is 10.2 Å². The number of aryl methyl sites for hydroxylation is 1. The van der Waals surface area contributed by atoms with E-state index >= 15 is 0 Å². The second-order valence-electron chi connectivity index (χ2n) is 10.4. The van der Waals surface area contributed by atoms with Gasteiger partial charge in [0.05, 0.1) is 10.6 Å². The van der Waals surface area contributed by atoms with Crippen LogP contribution in [0.3, 0.4) is 0 Å². The minimum absolute atomic E-state index is 0.108. The molecule has 212 valence electrons. The van der Waals surface area contributed by atoms with Gasteiger partial charge in [0.25, 0.3) is 10.0 Å². The van der Waals surface area contributed by atoms with Gasteiger partial charge in [-0.15, -0.1) is 0 Å². The molecule has 0 radical (unpaired) electrons. The lowest BCUT2D eigenvalue weighted by molar-refractivity contribution is -0.139. The van der Waals surface area contributed by atoms with Gasteiger partial charge in [-0.2, -0.15) is 0 Å². The van der Waals surface area contributed by atoms with E-state index in [1.807, 2.05) is 44.2 Å². The molecule has 1 aliphatic carbocycles. The predicted octanol–water partition coefficient (Wildman–Crippen LogP) is 5.10. The summed E-state index contributed by atoms with van der Waals surface area (Å²) in [5, 5.41) is 3.15. The lowest BCUT2D eigenvalue weighted by Crippen LogP contribution is -2.54. The molecule has 0 aliphatic heterocycles. The third-order valence-electron chi connectivity index (χ3n) is 7.50. The van der Waals surface area contributed by atoms with Crippen molar-refractivity contribution in [1.82, 2.24) is 10.2 Å². The molecule has 8 heteroatoms. The van der Waals surface area contributed by atoms with Gasteiger partial charge in [-0.25, -0.2) is 8.42 Å². The van der Waals surface area contributed by atoms with E-state index < -0.39 is 28.5 Å². The second-order valence-corrected chi connectivity index (χ2v) is 12.3. The molecule has 0 aromatic heterocycles. The van der Waals surface area contributed by atoms with Gasteiger partial charge >= 0.3 is 0 Å². The van der Waals surface area contributed by atoms with E-state index in [2.05, 4.69) is 5.32 Å². The van der Waals surface area contributed by atoms with Crippen LogP contribution in [0.25, 0.3) is 0 Å². The normalized spacial score (nSPS) is 14.4. The Bertz CT molecular complexity index is 1360. The van der Waals surface area contributed by atoms with Gasteiger partial charge in [0.2, 0.25) is 11.8 Å². The highest BCUT2D eigenvalue weighted by molar-refractivity contribution is 7.92. The number of rotatable bonds is 12. The summed E-state index contributed by atoms with van der Waals surface area (Å²) >= 11 is 0. The Morgan fingerprint density at radius 1 is 0.900 bits per heavy atom. The van der Waals surface area contributed by atoms with E-state index in [1.165, 1.54) is 0 Å². The zero-order valence-electron chi connectivity index (χ0n) is 23.3. The van der Waals surface area contributed by atoms with Crippen molar-refractivity contribution in [2.24, 2.45) is 0 Å². The molecule has 7 nitrogen and oxygen atoms in total. The molecule has 3 aromatic carbocycles. The number of nitrogens with zero attached hydrogens (tertiary/aromatic N) is 2. The van der Waals surface area contributed by atoms with Crippen LogP contribution in [0.15, 0.2) is 89.8 Å². The number of hydrogen-bond acceptors (Lipinski definition) is 4. The van der Waals surface area contributed by atoms with Crippen molar-refractivity contribution in [1.29, 1.82) is 0 Å². The summed E-state index contributed by atoms with van der Waals surface area (Å²) in [7, 11) is -4.05. The maximum absolute atomic E-state index is 14.1. The van der Waals surface area contributed by atoms with Crippen LogP contribution in [0.5, 0.6) is 0 Å². The van der Waals surface area contributed by atoms with Crippen molar-refractivity contribution in [3.05, 3.63) is 96.1 Å². The van der Waals surface area contributed by atoms with Crippen LogP contribution in [0, 0.1) is 6.92 Å². The molecule has 0 spiro atoms. The van der Waals surface area contributed by atoms with E-state index in [4.69, 9.17) is 0 Å². The second kappa shape index (κ2) is 13.6. The van der Waals surface area contributed by atoms with Crippen LogP contribution in [0.2, 0.25) is 0 Å². The number of carbonyl (C=O) groups is 2. The molecule has 0 saturated heterocycles. The van der Waals surface area contributed by atoms with E-state index in [-0.39, 0.29) is 16.8 Å². The third kappa shape index (κ3) is 7.30. The van der Waals surface area contributed by atoms with Crippen molar-refractivity contribution in [3.8, 4) is 0 Å². The molecule has 4 rings (SSSR count). The Morgan fingerprint density at radius 3 is 2.10 bits per heavy atom. The monoisotopic (exact) mass is 561 g/mol. The van der Waals surface area contributed by atoms with E-state index in [9.17, 15) is 18.0 Å². The molecule has 0 bridgehead atoms. The average Bonchev–Trinajstić information content (AvgIpc) is 3.48. The summed E-state index contributed by atoms with van der Waals surface area (Å²) in [6, 6.07) is 24.5. The Labute approximate surface area is 238 Å². The SMILES string of the molecule is CC[C@@H](C(=O)NC1CCCC1)N(CCc1ccccc1)C(=O)CN(c1ccccc1)S(=O)(=O)c1ccc(C)cc1. The molecule has 1 aliphatic rings. The zero-order chi connectivity index (χ0) is 28.5. The average molecular weight is 562 g/mol. The fraction of sp³-hybridized carbons (Fsp3) is 0.375. The molecule has 1 saturated carbocycles. The number of carbonyl (C=O) groups excluding carboxylic acids is 2. The lowest BCUT2D eigenvalue weighted by atomic mass is 10.1. The number of anilines is 1. The highest BCUT2D eigenvalue weighted by Crippen LogP contribution is 2.25. The first-order valence-electron chi connectivity index (χ1n) is 14.1. The van der Waals surface area contributed by atoms with Gasteiger partial charge in [0.1, 0.15) is 12.6 Å². The number of para-hydroxylation sites is 1. The van der Waals surface area contributed by atoms with Gasteiger partial charge in [-0.1, -0.05) is 86.0 Å². The van der Waals surface area contributed by atoms with Crippen molar-refractivity contribution < 1.29 is 18.0 Å². The lowest BCUT2D eigenvalue weighted by Gasteiger charge is -2.33. The smallest absolute Gasteiger partial charge is 0.264 e. The van der Waals surface area contributed by atoms with Crippen LogP contribution in [-0.2, 0) is 26.0 Å². The highest BCUT2D eigenvalue weighted by atomic mass is 32.2. The minimum atomic E-state index is -4.05. The first kappa shape index (κ1) is 29.3. The highest BCUT2D eigenvalue weighted by Gasteiger charge is 2.34. The van der Waals surface area contributed by atoms with Crippen LogP contribution in [-0.4, -0.2) is 50.3 Å². The molecule has 0 heterocycles. The van der Waals surface area contributed by atoms with E-state index in [0.717, 1.165) is 41.1 Å². The first-order valence-corrected chi connectivity index (χ1v) is 15.5. The predicted molar refractivity (Wildman–Crippen MR) is 158 cm³/mol. The minimum Gasteiger partial charge on any atom is -0.352 e. The summed E-state index contributed by atoms with van der Waals surface area (Å²) in [6.45, 7) is 3.66. The molecular weight excluding hydrogens is 522 g/mol. The number of nitrogens with one attached hydrogen (secondary N) is 1. The fourth-order valence-electron chi connectivity index (χ4n) is 5.22. The van der Waals surface area contributed by atoms with E-state index in [0.29, 0.717) is 25.1 Å². The Morgan fingerprint density at radius 2 is 1.50 bits per heavy atom. The fourth-order valence-corrected chi connectivity index (χ4v) is 6.64. The summed E-state index contributed by atoms with van der Waals surface area (Å²) in [4.78, 5) is 29.2. The Balaban J connectivity index is 1.65. The topological polar surface area (TPSA) is 86.8 Å². The Hall–Kier alpha value is -3.65. The maximum atomic E-state index is 14.1. The van der Waals surface area contributed by atoms with Gasteiger partial charge in [-0.05, 0) is 62.4 Å². The van der Waals surface area contributed by atoms with Gasteiger partial charge in [0, 0.05) is 12.6 Å². The molecule has 3 aromatic rings. The number of sulfonamides is 1. The maximum Gasteiger partial charge on any atom is 0.264 e. The van der Waals surface area contributed by atoms with Crippen molar-refractivity contribution >= 4 is 27.5 Å². The summed E-state index contributed by atoms with van der Waals surface area (Å²) in [6.07, 6.45) is 5.03. The molecule has 0 unspecified atom stereocenters. The number of amides is 2. The summed E-state index contributed by atoms with van der Waals surface area (Å²) in [5.41, 5.74) is 2.37.